The molecule has 4 aromatic rings. The van der Waals surface area contributed by atoms with Crippen molar-refractivity contribution in [2.45, 2.75) is 62.7 Å². The summed E-state index contributed by atoms with van der Waals surface area (Å²) in [6.07, 6.45) is 5.86. The maximum atomic E-state index is 13.4. The molecule has 7 rings (SSSR count). The number of phenolic OH excluding ortho intramolecular Hbond substituents is 1. The van der Waals surface area contributed by atoms with E-state index in [2.05, 4.69) is 15.2 Å². The van der Waals surface area contributed by atoms with E-state index in [1.54, 1.807) is 17.4 Å². The van der Waals surface area contributed by atoms with Gasteiger partial charge in [0.1, 0.15) is 29.3 Å². The number of carbonyl (C=O) groups excluding carboxylic acids is 1. The highest BCUT2D eigenvalue weighted by molar-refractivity contribution is 7.16. The van der Waals surface area contributed by atoms with Crippen molar-refractivity contribution in [2.75, 3.05) is 52.5 Å². The zero-order valence-corrected chi connectivity index (χ0v) is 28.6. The van der Waals surface area contributed by atoms with E-state index >= 15 is 0 Å². The van der Waals surface area contributed by atoms with E-state index in [4.69, 9.17) is 14.5 Å². The van der Waals surface area contributed by atoms with Crippen molar-refractivity contribution >= 4 is 38.8 Å². The van der Waals surface area contributed by atoms with Gasteiger partial charge in [0.25, 0.3) is 5.91 Å². The number of nitrogens with one attached hydrogen (secondary N) is 2. The van der Waals surface area contributed by atoms with Crippen LogP contribution >= 0.6 is 22.7 Å². The van der Waals surface area contributed by atoms with Crippen LogP contribution in [-0.4, -0.2) is 94.0 Å². The molecule has 256 valence electrons. The van der Waals surface area contributed by atoms with Gasteiger partial charge >= 0.3 is 4.87 Å². The number of morpholine rings is 1. The lowest BCUT2D eigenvalue weighted by Crippen LogP contribution is -2.58. The van der Waals surface area contributed by atoms with Gasteiger partial charge in [0.15, 0.2) is 0 Å². The predicted octanol–water partition coefficient (Wildman–Crippen LogP) is 4.62. The molecule has 3 aliphatic rings. The number of carbonyl (C=O) groups is 1. The third-order valence-electron chi connectivity index (χ3n) is 9.96. The number of nitrogens with zero attached hydrogens (tertiary/aromatic N) is 3. The van der Waals surface area contributed by atoms with Gasteiger partial charge < -0.3 is 34.9 Å². The van der Waals surface area contributed by atoms with Crippen molar-refractivity contribution in [1.82, 2.24) is 25.1 Å². The van der Waals surface area contributed by atoms with E-state index in [9.17, 15) is 19.8 Å². The van der Waals surface area contributed by atoms with Crippen LogP contribution in [0.15, 0.2) is 46.6 Å². The molecule has 1 aliphatic carbocycles. The summed E-state index contributed by atoms with van der Waals surface area (Å²) in [5.41, 5.74) is 2.34. The average Bonchev–Trinajstić information content (AvgIpc) is 3.88. The molecule has 0 radical (unpaired) electrons. The number of likely N-dealkylation sites (tertiary alicyclic amines) is 1. The highest BCUT2D eigenvalue weighted by Gasteiger charge is 2.41. The molecule has 3 fully saturated rings. The Hall–Kier alpha value is -3.33. The predicted molar refractivity (Wildman–Crippen MR) is 186 cm³/mol. The second-order valence-electron chi connectivity index (χ2n) is 13.2. The van der Waals surface area contributed by atoms with Crippen molar-refractivity contribution in [2.24, 2.45) is 0 Å². The van der Waals surface area contributed by atoms with E-state index < -0.39 is 6.10 Å². The van der Waals surface area contributed by atoms with Crippen LogP contribution in [0.4, 0.5) is 0 Å². The molecule has 4 heterocycles. The fraction of sp³-hybridized carbons (Fsp3) is 0.514. The van der Waals surface area contributed by atoms with Crippen molar-refractivity contribution in [3.63, 3.8) is 0 Å². The number of aromatic nitrogens is 2. The molecule has 2 aromatic heterocycles. The molecule has 1 atom stereocenters. The quantitative estimate of drug-likeness (QED) is 0.177. The van der Waals surface area contributed by atoms with E-state index in [0.29, 0.717) is 66.8 Å². The van der Waals surface area contributed by atoms with Gasteiger partial charge in [-0.25, -0.2) is 4.98 Å². The van der Waals surface area contributed by atoms with E-state index in [-0.39, 0.29) is 22.1 Å². The largest absolute Gasteiger partial charge is 0.506 e. The Labute approximate surface area is 287 Å². The van der Waals surface area contributed by atoms with Crippen molar-refractivity contribution in [3.05, 3.63) is 73.3 Å². The number of benzene rings is 2. The normalized spacial score (nSPS) is 19.3. The van der Waals surface area contributed by atoms with Gasteiger partial charge in [-0.3, -0.25) is 14.5 Å². The van der Waals surface area contributed by atoms with Gasteiger partial charge in [-0.05, 0) is 49.4 Å². The third kappa shape index (κ3) is 7.46. The molecule has 2 aliphatic heterocycles. The van der Waals surface area contributed by atoms with Crippen LogP contribution in [-0.2, 0) is 11.3 Å². The lowest BCUT2D eigenvalue weighted by Gasteiger charge is -2.47. The number of piperidine rings is 1. The highest BCUT2D eigenvalue weighted by atomic mass is 32.1. The first-order chi connectivity index (χ1) is 23.4. The van der Waals surface area contributed by atoms with E-state index in [1.165, 1.54) is 31.7 Å². The smallest absolute Gasteiger partial charge is 0.305 e. The third-order valence-corrected chi connectivity index (χ3v) is 11.9. The standard InChI is InChI=1S/C35H43N5O6S2/c41-28-10-9-26(31-30(28)38-34(44)48-31)29(42)20-36-19-23-5-7-25(8-6-23)45-17-15-39-13-11-35(12-14-39)22-40(16-18-46-35)33(43)27-21-47-32(37-27)24-3-1-2-4-24/h5-10,21,24,29,36,41-42H,1-4,11-20,22H2,(H,38,44)/t29-/m0/s1. The number of hydrogen-bond acceptors (Lipinski definition) is 11. The number of H-pyrrole nitrogens is 1. The van der Waals surface area contributed by atoms with Crippen molar-refractivity contribution in [3.8, 4) is 11.5 Å². The molecular formula is C35H43N5O6S2. The molecule has 0 unspecified atom stereocenters. The zero-order chi connectivity index (χ0) is 33.1. The Morgan fingerprint density at radius 2 is 1.94 bits per heavy atom. The van der Waals surface area contributed by atoms with Crippen LogP contribution in [0.3, 0.4) is 0 Å². The molecule has 13 heteroatoms. The summed E-state index contributed by atoms with van der Waals surface area (Å²) in [6, 6.07) is 11.1. The number of aromatic hydroxyl groups is 1. The minimum absolute atomic E-state index is 0.00566. The van der Waals surface area contributed by atoms with Crippen LogP contribution in [0.1, 0.15) is 77.2 Å². The monoisotopic (exact) mass is 693 g/mol. The van der Waals surface area contributed by atoms with Gasteiger partial charge in [0, 0.05) is 56.1 Å². The number of amides is 1. The summed E-state index contributed by atoms with van der Waals surface area (Å²) in [5, 5.41) is 27.1. The number of aliphatic hydroxyl groups excluding tert-OH is 1. The molecule has 48 heavy (non-hydrogen) atoms. The van der Waals surface area contributed by atoms with Crippen LogP contribution < -0.4 is 14.9 Å². The summed E-state index contributed by atoms with van der Waals surface area (Å²) < 4.78 is 12.9. The second-order valence-corrected chi connectivity index (χ2v) is 15.1. The number of rotatable bonds is 11. The lowest BCUT2D eigenvalue weighted by molar-refractivity contribution is -0.127. The maximum absolute atomic E-state index is 13.4. The van der Waals surface area contributed by atoms with Crippen LogP contribution in [0.2, 0.25) is 0 Å². The topological polar surface area (TPSA) is 140 Å². The Morgan fingerprint density at radius 3 is 2.73 bits per heavy atom. The summed E-state index contributed by atoms with van der Waals surface area (Å²) in [6.45, 7) is 5.90. The molecule has 0 bridgehead atoms. The molecule has 2 saturated heterocycles. The van der Waals surface area contributed by atoms with Gasteiger partial charge in [0.2, 0.25) is 0 Å². The number of aromatic amines is 1. The molecule has 1 saturated carbocycles. The van der Waals surface area contributed by atoms with E-state index in [1.807, 2.05) is 34.5 Å². The summed E-state index contributed by atoms with van der Waals surface area (Å²) in [5.74, 6) is 1.38. The molecule has 2 aromatic carbocycles. The number of thiazole rings is 2. The van der Waals surface area contributed by atoms with E-state index in [0.717, 1.165) is 60.1 Å². The molecule has 11 nitrogen and oxygen atoms in total. The van der Waals surface area contributed by atoms with Gasteiger partial charge in [-0.1, -0.05) is 42.4 Å². The summed E-state index contributed by atoms with van der Waals surface area (Å²) in [7, 11) is 0. The number of phenols is 1. The number of fused-ring (bicyclic) bond motifs is 1. The number of ether oxygens (including phenoxy) is 2. The Balaban J connectivity index is 0.821. The zero-order valence-electron chi connectivity index (χ0n) is 27.0. The molecule has 1 spiro atoms. The van der Waals surface area contributed by atoms with Crippen molar-refractivity contribution in [1.29, 1.82) is 0 Å². The first-order valence-corrected chi connectivity index (χ1v) is 18.6. The molecule has 4 N–H and O–H groups in total. The Kier molecular flexibility index (Phi) is 10.1. The van der Waals surface area contributed by atoms with Crippen LogP contribution in [0.25, 0.3) is 10.2 Å². The Morgan fingerprint density at radius 1 is 1.15 bits per heavy atom. The minimum atomic E-state index is -0.823. The molecular weight excluding hydrogens is 651 g/mol. The van der Waals surface area contributed by atoms with Gasteiger partial charge in [-0.15, -0.1) is 11.3 Å². The number of aliphatic hydroxyl groups is 1. The minimum Gasteiger partial charge on any atom is -0.506 e. The lowest BCUT2D eigenvalue weighted by atomic mass is 9.89. The van der Waals surface area contributed by atoms with Crippen LogP contribution in [0, 0.1) is 0 Å². The summed E-state index contributed by atoms with van der Waals surface area (Å²) >= 11 is 2.62. The maximum Gasteiger partial charge on any atom is 0.305 e. The van der Waals surface area contributed by atoms with Gasteiger partial charge in [-0.2, -0.15) is 0 Å². The van der Waals surface area contributed by atoms with Crippen molar-refractivity contribution < 1.29 is 24.5 Å². The summed E-state index contributed by atoms with van der Waals surface area (Å²) in [4.78, 5) is 36.6. The fourth-order valence-corrected chi connectivity index (χ4v) is 9.06. The number of hydrogen-bond donors (Lipinski definition) is 4. The van der Waals surface area contributed by atoms with Gasteiger partial charge in [0.05, 0.1) is 34.6 Å². The highest BCUT2D eigenvalue weighted by Crippen LogP contribution is 2.36. The second kappa shape index (κ2) is 14.7. The first kappa shape index (κ1) is 33.2. The SMILES string of the molecule is O=C(c1csc(C2CCCC2)n1)N1CCOC2(CCN(CCOc3ccc(CNC[C@H](O)c4ccc(O)c5[nH]c(=O)sc45)cc3)CC2)C1. The fourth-order valence-electron chi connectivity index (χ4n) is 7.17. The average molecular weight is 694 g/mol. The van der Waals surface area contributed by atoms with Crippen LogP contribution in [0.5, 0.6) is 11.5 Å². The Bertz CT molecular complexity index is 1760. The molecule has 1 amide bonds. The first-order valence-electron chi connectivity index (χ1n) is 16.9.